The van der Waals surface area contributed by atoms with E-state index < -0.39 is 5.97 Å². The molecule has 29 heavy (non-hydrogen) atoms. The van der Waals surface area contributed by atoms with Crippen molar-refractivity contribution >= 4 is 52.1 Å². The average molecular weight is 449 g/mol. The number of nitrogens with zero attached hydrogens (tertiary/aromatic N) is 4. The molecule has 2 aliphatic rings. The van der Waals surface area contributed by atoms with Gasteiger partial charge in [-0.2, -0.15) is 5.10 Å². The maximum absolute atomic E-state index is 12.2. The van der Waals surface area contributed by atoms with Gasteiger partial charge in [0.2, 0.25) is 0 Å². The number of allylic oxidation sites excluding steroid dienone is 1. The second-order valence-electron chi connectivity index (χ2n) is 6.12. The third kappa shape index (κ3) is 3.61. The van der Waals surface area contributed by atoms with E-state index in [0.29, 0.717) is 10.6 Å². The van der Waals surface area contributed by atoms with Crippen LogP contribution in [0.1, 0.15) is 6.92 Å². The molecule has 1 aromatic heterocycles. The lowest BCUT2D eigenvalue weighted by atomic mass is 10.2. The van der Waals surface area contributed by atoms with Crippen LogP contribution in [0, 0.1) is 0 Å². The molecule has 10 heteroatoms. The second-order valence-corrected chi connectivity index (χ2v) is 8.46. The number of methoxy groups -OCH3 is 2. The number of thioether (sulfide) groups is 1. The Balaban J connectivity index is 1.58. The van der Waals surface area contributed by atoms with Crippen molar-refractivity contribution < 1.29 is 14.3 Å². The van der Waals surface area contributed by atoms with Crippen LogP contribution < -0.4 is 4.90 Å². The van der Waals surface area contributed by atoms with E-state index in [2.05, 4.69) is 5.10 Å². The molecule has 0 saturated carbocycles. The maximum atomic E-state index is 12.2. The van der Waals surface area contributed by atoms with Crippen molar-refractivity contribution in [1.82, 2.24) is 9.99 Å². The lowest BCUT2D eigenvalue weighted by Crippen LogP contribution is -2.33. The minimum absolute atomic E-state index is 0.167. The summed E-state index contributed by atoms with van der Waals surface area (Å²) < 4.78 is 9.98. The number of hydrazone groups is 1. The second kappa shape index (κ2) is 8.10. The van der Waals surface area contributed by atoms with Gasteiger partial charge in [0.15, 0.2) is 10.6 Å². The summed E-state index contributed by atoms with van der Waals surface area (Å²) in [6.45, 7) is 1.91. The molecule has 0 amide bonds. The van der Waals surface area contributed by atoms with Crippen LogP contribution in [0.5, 0.6) is 0 Å². The van der Waals surface area contributed by atoms with Crippen LogP contribution in [0.4, 0.5) is 5.13 Å². The first-order valence-corrected chi connectivity index (χ1v) is 10.7. The quantitative estimate of drug-likeness (QED) is 0.379. The summed E-state index contributed by atoms with van der Waals surface area (Å²) in [4.78, 5) is 19.7. The molecule has 0 fully saturated rings. The normalized spacial score (nSPS) is 18.5. The minimum atomic E-state index is -0.454. The number of anilines is 1. The zero-order chi connectivity index (χ0) is 20.5. The molecule has 0 aliphatic carbocycles. The molecule has 150 valence electrons. The number of hydrogen-bond donors (Lipinski definition) is 0. The van der Waals surface area contributed by atoms with Gasteiger partial charge in [0, 0.05) is 20.9 Å². The molecule has 0 bridgehead atoms. The van der Waals surface area contributed by atoms with Gasteiger partial charge >= 0.3 is 5.97 Å². The van der Waals surface area contributed by atoms with E-state index in [1.54, 1.807) is 6.34 Å². The SMILES string of the molecule is CO/C=C(/C(=O)OC)C1=C(C)N2N=CN(c3nc(-c4ccc(Cl)cc4)cs3)C2S1. The number of rotatable bonds is 5. The molecule has 7 nitrogen and oxygen atoms in total. The third-order valence-electron chi connectivity index (χ3n) is 4.38. The van der Waals surface area contributed by atoms with E-state index in [0.717, 1.165) is 27.0 Å². The van der Waals surface area contributed by atoms with Crippen molar-refractivity contribution in [3.8, 4) is 11.3 Å². The van der Waals surface area contributed by atoms with Crippen LogP contribution in [0.25, 0.3) is 11.3 Å². The first-order chi connectivity index (χ1) is 14.0. The van der Waals surface area contributed by atoms with Crippen molar-refractivity contribution in [2.75, 3.05) is 19.1 Å². The Hall–Kier alpha value is -2.49. The summed E-state index contributed by atoms with van der Waals surface area (Å²) >= 11 is 9.00. The zero-order valence-electron chi connectivity index (χ0n) is 15.8. The fourth-order valence-electron chi connectivity index (χ4n) is 2.96. The third-order valence-corrected chi connectivity index (χ3v) is 6.88. The molecule has 0 radical (unpaired) electrons. The molecule has 1 aromatic carbocycles. The number of benzene rings is 1. The van der Waals surface area contributed by atoms with Crippen LogP contribution >= 0.6 is 34.7 Å². The van der Waals surface area contributed by atoms with Gasteiger partial charge in [0.1, 0.15) is 11.9 Å². The Morgan fingerprint density at radius 3 is 2.72 bits per heavy atom. The highest BCUT2D eigenvalue weighted by molar-refractivity contribution is 8.04. The topological polar surface area (TPSA) is 67.3 Å². The average Bonchev–Trinajstić information content (AvgIpc) is 3.43. The number of carbonyl (C=O) groups excluding carboxylic acids is 1. The summed E-state index contributed by atoms with van der Waals surface area (Å²) in [5.41, 5.74) is 2.91. The molecule has 0 spiro atoms. The zero-order valence-corrected chi connectivity index (χ0v) is 18.2. The van der Waals surface area contributed by atoms with Gasteiger partial charge in [-0.1, -0.05) is 35.5 Å². The van der Waals surface area contributed by atoms with Gasteiger partial charge in [-0.3, -0.25) is 4.90 Å². The van der Waals surface area contributed by atoms with E-state index in [4.69, 9.17) is 26.1 Å². The first kappa shape index (κ1) is 19.8. The number of esters is 1. The molecule has 4 rings (SSSR count). The summed E-state index contributed by atoms with van der Waals surface area (Å²) in [7, 11) is 2.85. The molecule has 0 N–H and O–H groups in total. The fraction of sp³-hybridized carbons (Fsp3) is 0.211. The molecule has 0 saturated heterocycles. The lowest BCUT2D eigenvalue weighted by Gasteiger charge is -2.22. The molecule has 2 aromatic rings. The molecule has 3 heterocycles. The van der Waals surface area contributed by atoms with Gasteiger partial charge in [-0.05, 0) is 19.1 Å². The Morgan fingerprint density at radius 1 is 1.28 bits per heavy atom. The standard InChI is InChI=1S/C19H17ClN4O3S2/c1-11-16(14(8-26-2)17(25)27-3)29-19-23(10-21-24(11)19)18-22-15(9-28-18)12-4-6-13(20)7-5-12/h4-10,19H,1-3H3/b14-8+. The first-order valence-electron chi connectivity index (χ1n) is 8.56. The Morgan fingerprint density at radius 2 is 2.03 bits per heavy atom. The number of carbonyl (C=O) groups is 1. The number of halogens is 1. The number of aromatic nitrogens is 1. The Bertz CT molecular complexity index is 1030. The van der Waals surface area contributed by atoms with Crippen molar-refractivity contribution in [1.29, 1.82) is 0 Å². The van der Waals surface area contributed by atoms with Gasteiger partial charge < -0.3 is 9.47 Å². The highest BCUT2D eigenvalue weighted by atomic mass is 35.5. The monoisotopic (exact) mass is 448 g/mol. The minimum Gasteiger partial charge on any atom is -0.503 e. The van der Waals surface area contributed by atoms with Crippen molar-refractivity contribution in [2.24, 2.45) is 5.10 Å². The number of fused-ring (bicyclic) bond motifs is 1. The number of thiazole rings is 1. The van der Waals surface area contributed by atoms with Gasteiger partial charge in [-0.25, -0.2) is 14.8 Å². The van der Waals surface area contributed by atoms with Crippen molar-refractivity contribution in [2.45, 2.75) is 12.4 Å². The van der Waals surface area contributed by atoms with Crippen LogP contribution in [0.15, 0.2) is 57.2 Å². The Labute approximate surface area is 181 Å². The van der Waals surface area contributed by atoms with E-state index in [-0.39, 0.29) is 5.50 Å². The van der Waals surface area contributed by atoms with Crippen molar-refractivity contribution in [3.63, 3.8) is 0 Å². The Kier molecular flexibility index (Phi) is 5.53. The van der Waals surface area contributed by atoms with Crippen LogP contribution in [0.2, 0.25) is 5.02 Å². The fourth-order valence-corrected chi connectivity index (χ4v) is 5.29. The van der Waals surface area contributed by atoms with E-state index in [1.165, 1.54) is 43.6 Å². The largest absolute Gasteiger partial charge is 0.503 e. The predicted molar refractivity (Wildman–Crippen MR) is 117 cm³/mol. The molecule has 2 aliphatic heterocycles. The smallest absolute Gasteiger partial charge is 0.342 e. The van der Waals surface area contributed by atoms with E-state index in [1.807, 2.05) is 46.5 Å². The van der Waals surface area contributed by atoms with Crippen molar-refractivity contribution in [3.05, 3.63) is 57.1 Å². The molecule has 1 atom stereocenters. The molecular formula is C19H17ClN4O3S2. The summed E-state index contributed by atoms with van der Waals surface area (Å²) in [5.74, 6) is -0.454. The van der Waals surface area contributed by atoms with Crippen LogP contribution in [0.3, 0.4) is 0 Å². The van der Waals surface area contributed by atoms with Gasteiger partial charge in [-0.15, -0.1) is 11.3 Å². The molecule has 1 unspecified atom stereocenters. The van der Waals surface area contributed by atoms with E-state index >= 15 is 0 Å². The maximum Gasteiger partial charge on any atom is 0.342 e. The summed E-state index contributed by atoms with van der Waals surface area (Å²) in [5, 5.41) is 9.85. The number of ether oxygens (including phenoxy) is 2. The summed E-state index contributed by atoms with van der Waals surface area (Å²) in [6.07, 6.45) is 3.15. The highest BCUT2D eigenvalue weighted by Crippen LogP contribution is 2.47. The predicted octanol–water partition coefficient (Wildman–Crippen LogP) is 4.49. The lowest BCUT2D eigenvalue weighted by molar-refractivity contribution is -0.135. The van der Waals surface area contributed by atoms with Crippen LogP contribution in [-0.2, 0) is 14.3 Å². The highest BCUT2D eigenvalue weighted by Gasteiger charge is 2.41. The van der Waals surface area contributed by atoms with Gasteiger partial charge in [0.05, 0.1) is 31.9 Å². The van der Waals surface area contributed by atoms with E-state index in [9.17, 15) is 4.79 Å². The number of hydrogen-bond acceptors (Lipinski definition) is 9. The van der Waals surface area contributed by atoms with Crippen LogP contribution in [-0.4, -0.2) is 42.0 Å². The van der Waals surface area contributed by atoms with Gasteiger partial charge in [0.25, 0.3) is 0 Å². The molecular weight excluding hydrogens is 432 g/mol. The summed E-state index contributed by atoms with van der Waals surface area (Å²) in [6, 6.07) is 7.57.